The first-order valence-corrected chi connectivity index (χ1v) is 10.6. The van der Waals surface area contributed by atoms with E-state index in [1.807, 2.05) is 0 Å². The van der Waals surface area contributed by atoms with Gasteiger partial charge in [-0.15, -0.1) is 0 Å². The maximum atomic E-state index is 11.9. The summed E-state index contributed by atoms with van der Waals surface area (Å²) in [6.07, 6.45) is 5.10. The van der Waals surface area contributed by atoms with Crippen LogP contribution in [0.15, 0.2) is 24.3 Å². The quantitative estimate of drug-likeness (QED) is 0.740. The van der Waals surface area contributed by atoms with Crippen LogP contribution >= 0.6 is 22.6 Å². The molecule has 0 spiro atoms. The van der Waals surface area contributed by atoms with E-state index in [9.17, 15) is 8.42 Å². The molecule has 5 heteroatoms. The van der Waals surface area contributed by atoms with Gasteiger partial charge in [-0.3, -0.25) is 0 Å². The topological polar surface area (TPSA) is 46.2 Å². The molecule has 1 fully saturated rings. The number of hydrogen-bond donors (Lipinski definition) is 1. The first-order chi connectivity index (χ1) is 9.91. The average molecular weight is 421 g/mol. The molecule has 0 amide bonds. The van der Waals surface area contributed by atoms with Crippen molar-refractivity contribution in [2.75, 3.05) is 12.8 Å². The lowest BCUT2D eigenvalue weighted by Crippen LogP contribution is -2.35. The minimum absolute atomic E-state index is 0.166. The summed E-state index contributed by atoms with van der Waals surface area (Å²) in [7, 11) is -2.93. The van der Waals surface area contributed by atoms with Gasteiger partial charge in [0, 0.05) is 15.9 Å². The second-order valence-corrected chi connectivity index (χ2v) is 9.54. The number of benzene rings is 1. The Bertz CT molecular complexity index is 556. The summed E-state index contributed by atoms with van der Waals surface area (Å²) in [4.78, 5) is 0. The van der Waals surface area contributed by atoms with Crippen LogP contribution < -0.4 is 5.32 Å². The molecular weight excluding hydrogens is 397 g/mol. The van der Waals surface area contributed by atoms with Crippen molar-refractivity contribution in [3.8, 4) is 0 Å². The predicted molar refractivity (Wildman–Crippen MR) is 96.2 cm³/mol. The molecule has 3 unspecified atom stereocenters. The van der Waals surface area contributed by atoms with Gasteiger partial charge in [-0.2, -0.15) is 0 Å². The molecule has 2 rings (SSSR count). The van der Waals surface area contributed by atoms with Crippen LogP contribution in [0.2, 0.25) is 0 Å². The smallest absolute Gasteiger partial charge is 0.150 e. The lowest BCUT2D eigenvalue weighted by atomic mass is 9.81. The molecule has 0 aliphatic heterocycles. The van der Waals surface area contributed by atoms with Crippen LogP contribution in [0.25, 0.3) is 0 Å². The molecule has 0 heterocycles. The highest BCUT2D eigenvalue weighted by Crippen LogP contribution is 2.36. The Kier molecular flexibility index (Phi) is 6.08. The SMILES string of the molecule is CCNC(c1ccc(I)cc1)C1CCCC(S(C)(=O)=O)C1. The van der Waals surface area contributed by atoms with Crippen molar-refractivity contribution in [1.82, 2.24) is 5.32 Å². The van der Waals surface area contributed by atoms with Crippen LogP contribution in [0.5, 0.6) is 0 Å². The van der Waals surface area contributed by atoms with Gasteiger partial charge in [0.15, 0.2) is 0 Å². The lowest BCUT2D eigenvalue weighted by molar-refractivity contribution is 0.275. The van der Waals surface area contributed by atoms with Crippen LogP contribution in [-0.4, -0.2) is 26.5 Å². The molecule has 1 aliphatic rings. The maximum absolute atomic E-state index is 11.9. The van der Waals surface area contributed by atoms with Crippen molar-refractivity contribution in [2.24, 2.45) is 5.92 Å². The molecule has 1 saturated carbocycles. The van der Waals surface area contributed by atoms with E-state index in [2.05, 4.69) is 59.1 Å². The van der Waals surface area contributed by atoms with Crippen molar-refractivity contribution in [1.29, 1.82) is 0 Å². The molecule has 1 aromatic carbocycles. The van der Waals surface area contributed by atoms with Gasteiger partial charge in [0.25, 0.3) is 0 Å². The second kappa shape index (κ2) is 7.42. The van der Waals surface area contributed by atoms with E-state index in [0.29, 0.717) is 5.92 Å². The molecule has 1 aromatic rings. The molecule has 0 saturated heterocycles. The molecule has 3 atom stereocenters. The van der Waals surface area contributed by atoms with Gasteiger partial charge in [0.2, 0.25) is 0 Å². The first-order valence-electron chi connectivity index (χ1n) is 7.59. The molecule has 1 aliphatic carbocycles. The van der Waals surface area contributed by atoms with Gasteiger partial charge in [-0.1, -0.05) is 25.5 Å². The van der Waals surface area contributed by atoms with E-state index in [0.717, 1.165) is 32.2 Å². The summed E-state index contributed by atoms with van der Waals surface area (Å²) in [5.41, 5.74) is 1.27. The fourth-order valence-electron chi connectivity index (χ4n) is 3.32. The number of rotatable bonds is 5. The Morgan fingerprint density at radius 1 is 1.29 bits per heavy atom. The van der Waals surface area contributed by atoms with Gasteiger partial charge >= 0.3 is 0 Å². The van der Waals surface area contributed by atoms with Crippen LogP contribution in [0.4, 0.5) is 0 Å². The Balaban J connectivity index is 2.19. The molecule has 0 bridgehead atoms. The Morgan fingerprint density at radius 3 is 2.52 bits per heavy atom. The van der Waals surface area contributed by atoms with Crippen molar-refractivity contribution in [3.63, 3.8) is 0 Å². The number of hydrogen-bond acceptors (Lipinski definition) is 3. The average Bonchev–Trinajstić information content (AvgIpc) is 2.45. The van der Waals surface area contributed by atoms with Gasteiger partial charge in [0.1, 0.15) is 9.84 Å². The van der Waals surface area contributed by atoms with Crippen LogP contribution in [0.3, 0.4) is 0 Å². The number of nitrogens with one attached hydrogen (secondary N) is 1. The zero-order valence-corrected chi connectivity index (χ0v) is 15.7. The maximum Gasteiger partial charge on any atom is 0.150 e. The lowest BCUT2D eigenvalue weighted by Gasteiger charge is -2.34. The normalized spacial score (nSPS) is 24.7. The molecule has 0 radical (unpaired) electrons. The molecule has 1 N–H and O–H groups in total. The fourth-order valence-corrected chi connectivity index (χ4v) is 4.87. The molecular formula is C16H24INO2S. The highest BCUT2D eigenvalue weighted by atomic mass is 127. The predicted octanol–water partition coefficient (Wildman–Crippen LogP) is 3.55. The third-order valence-corrected chi connectivity index (χ3v) is 6.76. The summed E-state index contributed by atoms with van der Waals surface area (Å²) in [6, 6.07) is 8.84. The standard InChI is InChI=1S/C16H24INO2S/c1-3-18-16(12-7-9-14(17)10-8-12)13-5-4-6-15(11-13)21(2,19)20/h7-10,13,15-16,18H,3-6,11H2,1-2H3. The zero-order valence-electron chi connectivity index (χ0n) is 12.7. The molecule has 3 nitrogen and oxygen atoms in total. The third-order valence-electron chi connectivity index (χ3n) is 4.40. The van der Waals surface area contributed by atoms with E-state index in [1.165, 1.54) is 15.4 Å². The highest BCUT2D eigenvalue weighted by molar-refractivity contribution is 14.1. The van der Waals surface area contributed by atoms with E-state index in [4.69, 9.17) is 0 Å². The summed E-state index contributed by atoms with van der Waals surface area (Å²) in [5, 5.41) is 3.40. The van der Waals surface area contributed by atoms with Crippen molar-refractivity contribution in [2.45, 2.75) is 43.9 Å². The zero-order chi connectivity index (χ0) is 15.5. The highest BCUT2D eigenvalue weighted by Gasteiger charge is 2.33. The van der Waals surface area contributed by atoms with Gasteiger partial charge in [-0.25, -0.2) is 8.42 Å². The Morgan fingerprint density at radius 2 is 1.95 bits per heavy atom. The first kappa shape index (κ1) is 17.2. The Hall–Kier alpha value is -0.140. The van der Waals surface area contributed by atoms with Crippen LogP contribution in [-0.2, 0) is 9.84 Å². The van der Waals surface area contributed by atoms with Gasteiger partial charge in [-0.05, 0) is 72.0 Å². The molecule has 21 heavy (non-hydrogen) atoms. The van der Waals surface area contributed by atoms with Crippen molar-refractivity contribution < 1.29 is 8.42 Å². The van der Waals surface area contributed by atoms with Crippen molar-refractivity contribution >= 4 is 32.4 Å². The Labute approximate surface area is 142 Å². The van der Waals surface area contributed by atoms with E-state index < -0.39 is 9.84 Å². The van der Waals surface area contributed by atoms with E-state index >= 15 is 0 Å². The largest absolute Gasteiger partial charge is 0.310 e. The molecule has 118 valence electrons. The van der Waals surface area contributed by atoms with Gasteiger partial charge in [0.05, 0.1) is 5.25 Å². The van der Waals surface area contributed by atoms with Crippen LogP contribution in [0.1, 0.15) is 44.2 Å². The number of halogens is 1. The summed E-state index contributed by atoms with van der Waals surface area (Å²) in [6.45, 7) is 3.01. The summed E-state index contributed by atoms with van der Waals surface area (Å²) < 4.78 is 25.0. The van der Waals surface area contributed by atoms with Crippen molar-refractivity contribution in [3.05, 3.63) is 33.4 Å². The number of sulfone groups is 1. The fraction of sp³-hybridized carbons (Fsp3) is 0.625. The minimum Gasteiger partial charge on any atom is -0.310 e. The van der Waals surface area contributed by atoms with Crippen LogP contribution in [0, 0.1) is 9.49 Å². The molecule has 0 aromatic heterocycles. The van der Waals surface area contributed by atoms with E-state index in [1.54, 1.807) is 0 Å². The third kappa shape index (κ3) is 4.66. The summed E-state index contributed by atoms with van der Waals surface area (Å²) in [5.74, 6) is 0.401. The minimum atomic E-state index is -2.93. The summed E-state index contributed by atoms with van der Waals surface area (Å²) >= 11 is 2.31. The van der Waals surface area contributed by atoms with E-state index in [-0.39, 0.29) is 11.3 Å². The second-order valence-electron chi connectivity index (χ2n) is 5.97. The van der Waals surface area contributed by atoms with Gasteiger partial charge < -0.3 is 5.32 Å². The monoisotopic (exact) mass is 421 g/mol.